The molecule has 172 valence electrons. The third-order valence-corrected chi connectivity index (χ3v) is 7.35. The van der Waals surface area contributed by atoms with Crippen LogP contribution in [-0.2, 0) is 14.4 Å². The summed E-state index contributed by atoms with van der Waals surface area (Å²) in [5.74, 6) is 0.737. The summed E-state index contributed by atoms with van der Waals surface area (Å²) in [6, 6.07) is 0.972. The molecule has 0 aromatic heterocycles. The van der Waals surface area contributed by atoms with E-state index >= 15 is 0 Å². The highest BCUT2D eigenvalue weighted by atomic mass is 16.7. The fourth-order valence-electron chi connectivity index (χ4n) is 5.66. The number of hydroxylamine groups is 1. The van der Waals surface area contributed by atoms with Crippen molar-refractivity contribution in [2.24, 2.45) is 5.92 Å². The summed E-state index contributed by atoms with van der Waals surface area (Å²) in [4.78, 5) is 22.4. The Bertz CT molecular complexity index is 559. The molecule has 0 radical (unpaired) electrons. The summed E-state index contributed by atoms with van der Waals surface area (Å²) >= 11 is 0. The van der Waals surface area contributed by atoms with Crippen molar-refractivity contribution >= 4 is 5.91 Å². The molecule has 30 heavy (non-hydrogen) atoms. The highest BCUT2D eigenvalue weighted by Crippen LogP contribution is 2.30. The van der Waals surface area contributed by atoms with Crippen LogP contribution in [0.4, 0.5) is 0 Å². The molecule has 4 N–H and O–H groups in total. The number of piperidine rings is 2. The van der Waals surface area contributed by atoms with Gasteiger partial charge < -0.3 is 15.0 Å². The number of carbonyl (C=O) groups excluding carboxylic acids is 1. The number of hydrogen-bond acceptors (Lipinski definition) is 8. The minimum absolute atomic E-state index is 0.0399. The first kappa shape index (κ1) is 22.4. The van der Waals surface area contributed by atoms with Crippen molar-refractivity contribution in [3.8, 4) is 0 Å². The molecule has 5 atom stereocenters. The van der Waals surface area contributed by atoms with E-state index in [1.54, 1.807) is 14.0 Å². The number of carbonyl (C=O) groups is 1. The first-order chi connectivity index (χ1) is 14.7. The number of hydrogen-bond donors (Lipinski definition) is 4. The van der Waals surface area contributed by atoms with Crippen LogP contribution in [-0.4, -0.2) is 92.8 Å². The molecular weight excluding hydrogens is 384 g/mol. The monoisotopic (exact) mass is 424 g/mol. The standard InChI is InChI=1S/C21H40N6O3/c1-15(28)26-11-6-17(7-12-26)27-10-3-4-18(27)21-24-20(25-30-21)16-5-8-22-19(14-16)23-9-13-29-2/h16-25H,3-14H2,1-2H3/t16?,18-,19?,20?,21?/m0/s1. The Labute approximate surface area is 180 Å². The second-order valence-corrected chi connectivity index (χ2v) is 9.22. The summed E-state index contributed by atoms with van der Waals surface area (Å²) in [6.45, 7) is 7.21. The van der Waals surface area contributed by atoms with Crippen molar-refractivity contribution in [1.82, 2.24) is 31.2 Å². The number of rotatable bonds is 7. The van der Waals surface area contributed by atoms with Crippen LogP contribution >= 0.6 is 0 Å². The smallest absolute Gasteiger partial charge is 0.219 e. The van der Waals surface area contributed by atoms with Crippen LogP contribution in [0.2, 0.25) is 0 Å². The molecule has 9 heteroatoms. The molecule has 4 unspecified atom stereocenters. The Morgan fingerprint density at radius 2 is 2.03 bits per heavy atom. The lowest BCUT2D eigenvalue weighted by Crippen LogP contribution is -2.55. The molecule has 0 aromatic carbocycles. The molecule has 4 aliphatic heterocycles. The van der Waals surface area contributed by atoms with E-state index in [0.717, 1.165) is 65.0 Å². The lowest BCUT2D eigenvalue weighted by molar-refractivity contribution is -0.130. The Morgan fingerprint density at radius 3 is 2.80 bits per heavy atom. The van der Waals surface area contributed by atoms with Crippen molar-refractivity contribution in [1.29, 1.82) is 0 Å². The van der Waals surface area contributed by atoms with Gasteiger partial charge in [-0.05, 0) is 57.5 Å². The average Bonchev–Trinajstić information content (AvgIpc) is 3.44. The number of ether oxygens (including phenoxy) is 1. The lowest BCUT2D eigenvalue weighted by atomic mass is 9.92. The van der Waals surface area contributed by atoms with E-state index in [9.17, 15) is 4.79 Å². The van der Waals surface area contributed by atoms with Gasteiger partial charge in [-0.25, -0.2) is 0 Å². The van der Waals surface area contributed by atoms with Crippen LogP contribution in [0.15, 0.2) is 0 Å². The molecule has 0 aliphatic carbocycles. The van der Waals surface area contributed by atoms with E-state index in [-0.39, 0.29) is 18.3 Å². The van der Waals surface area contributed by atoms with Gasteiger partial charge in [-0.2, -0.15) is 5.48 Å². The van der Waals surface area contributed by atoms with Gasteiger partial charge in [0.05, 0.1) is 25.0 Å². The van der Waals surface area contributed by atoms with Crippen LogP contribution in [0.25, 0.3) is 0 Å². The lowest BCUT2D eigenvalue weighted by Gasteiger charge is -2.40. The maximum Gasteiger partial charge on any atom is 0.219 e. The van der Waals surface area contributed by atoms with Crippen molar-refractivity contribution in [3.05, 3.63) is 0 Å². The van der Waals surface area contributed by atoms with Crippen LogP contribution in [0.5, 0.6) is 0 Å². The fraction of sp³-hybridized carbons (Fsp3) is 0.952. The zero-order valence-corrected chi connectivity index (χ0v) is 18.6. The molecule has 0 bridgehead atoms. The first-order valence-electron chi connectivity index (χ1n) is 11.8. The first-order valence-corrected chi connectivity index (χ1v) is 11.8. The van der Waals surface area contributed by atoms with Gasteiger partial charge in [0.2, 0.25) is 5.91 Å². The Morgan fingerprint density at radius 1 is 1.20 bits per heavy atom. The highest BCUT2D eigenvalue weighted by molar-refractivity contribution is 5.73. The van der Waals surface area contributed by atoms with Gasteiger partial charge in [0.15, 0.2) is 0 Å². The third kappa shape index (κ3) is 5.32. The van der Waals surface area contributed by atoms with E-state index in [0.29, 0.717) is 24.2 Å². The van der Waals surface area contributed by atoms with Crippen LogP contribution < -0.4 is 21.4 Å². The number of nitrogens with zero attached hydrogens (tertiary/aromatic N) is 2. The van der Waals surface area contributed by atoms with Crippen molar-refractivity contribution in [2.75, 3.05) is 46.4 Å². The van der Waals surface area contributed by atoms with Crippen LogP contribution in [0.1, 0.15) is 45.4 Å². The van der Waals surface area contributed by atoms with Gasteiger partial charge in [0, 0.05) is 39.7 Å². The second-order valence-electron chi connectivity index (χ2n) is 9.22. The molecule has 0 aromatic rings. The summed E-state index contributed by atoms with van der Waals surface area (Å²) in [6.07, 6.45) is 7.32. The van der Waals surface area contributed by atoms with E-state index in [1.807, 2.05) is 4.90 Å². The number of likely N-dealkylation sites (tertiary alicyclic amines) is 2. The molecule has 4 saturated heterocycles. The van der Waals surface area contributed by atoms with Crippen molar-refractivity contribution < 1.29 is 14.4 Å². The maximum absolute atomic E-state index is 11.6. The Hall–Kier alpha value is -0.810. The van der Waals surface area contributed by atoms with Gasteiger partial charge in [-0.3, -0.25) is 25.2 Å². The summed E-state index contributed by atoms with van der Waals surface area (Å²) < 4.78 is 5.15. The Balaban J connectivity index is 1.27. The quantitative estimate of drug-likeness (QED) is 0.418. The fourth-order valence-corrected chi connectivity index (χ4v) is 5.66. The molecule has 0 saturated carbocycles. The van der Waals surface area contributed by atoms with E-state index in [2.05, 4.69) is 26.3 Å². The van der Waals surface area contributed by atoms with E-state index < -0.39 is 0 Å². The zero-order chi connectivity index (χ0) is 20.9. The predicted octanol–water partition coefficient (Wildman–Crippen LogP) is -0.200. The molecule has 4 heterocycles. The number of amides is 1. The maximum atomic E-state index is 11.6. The largest absolute Gasteiger partial charge is 0.383 e. The second kappa shape index (κ2) is 10.7. The molecule has 4 rings (SSSR count). The van der Waals surface area contributed by atoms with Gasteiger partial charge in [-0.1, -0.05) is 0 Å². The van der Waals surface area contributed by atoms with Crippen molar-refractivity contribution in [2.45, 2.75) is 76.1 Å². The van der Waals surface area contributed by atoms with Gasteiger partial charge in [0.25, 0.3) is 0 Å². The highest BCUT2D eigenvalue weighted by Gasteiger charge is 2.43. The number of nitrogens with one attached hydrogen (secondary N) is 4. The molecule has 4 aliphatic rings. The topological polar surface area (TPSA) is 90.1 Å². The van der Waals surface area contributed by atoms with Gasteiger partial charge >= 0.3 is 0 Å². The van der Waals surface area contributed by atoms with E-state index in [1.165, 1.54) is 12.8 Å². The van der Waals surface area contributed by atoms with E-state index in [4.69, 9.17) is 9.57 Å². The average molecular weight is 425 g/mol. The SMILES string of the molecule is COCCNC1CC(C2NOC([C@@H]3CCCN3C3CCN(C(C)=O)CC3)N2)CCN1. The summed E-state index contributed by atoms with van der Waals surface area (Å²) in [5.41, 5.74) is 3.32. The molecule has 0 spiro atoms. The predicted molar refractivity (Wildman–Crippen MR) is 114 cm³/mol. The molecule has 1 amide bonds. The Kier molecular flexibility index (Phi) is 7.96. The summed E-state index contributed by atoms with van der Waals surface area (Å²) in [5, 5.41) is 10.9. The minimum Gasteiger partial charge on any atom is -0.383 e. The van der Waals surface area contributed by atoms with Crippen LogP contribution in [0, 0.1) is 5.92 Å². The van der Waals surface area contributed by atoms with Crippen molar-refractivity contribution in [3.63, 3.8) is 0 Å². The molecule has 9 nitrogen and oxygen atoms in total. The van der Waals surface area contributed by atoms with Gasteiger partial charge in [0.1, 0.15) is 6.23 Å². The number of methoxy groups -OCH3 is 1. The van der Waals surface area contributed by atoms with Gasteiger partial charge in [-0.15, -0.1) is 0 Å². The third-order valence-electron chi connectivity index (χ3n) is 7.35. The minimum atomic E-state index is 0.0399. The molecule has 4 fully saturated rings. The van der Waals surface area contributed by atoms with Crippen LogP contribution in [0.3, 0.4) is 0 Å². The normalized spacial score (nSPS) is 36.5. The zero-order valence-electron chi connectivity index (χ0n) is 18.6. The summed E-state index contributed by atoms with van der Waals surface area (Å²) in [7, 11) is 1.74. The molecular formula is C21H40N6O3.